The van der Waals surface area contributed by atoms with Gasteiger partial charge < -0.3 is 13.7 Å². The number of benzene rings is 9. The summed E-state index contributed by atoms with van der Waals surface area (Å²) in [4.78, 5) is 2.49. The summed E-state index contributed by atoms with van der Waals surface area (Å²) in [5.74, 6) is 0. The molecule has 14 rings (SSSR count). The Kier molecular flexibility index (Phi) is 7.73. The molecule has 0 bridgehead atoms. The number of para-hydroxylation sites is 2. The Balaban J connectivity index is 0.990. The topological polar surface area (TPSA) is 29.5 Å². The first kappa shape index (κ1) is 39.5. The van der Waals surface area contributed by atoms with E-state index in [0.29, 0.717) is 0 Å². The molecule has 0 saturated carbocycles. The molecule has 0 aliphatic heterocycles. The fourth-order valence-corrected chi connectivity index (χ4v) is 13.2. The lowest BCUT2D eigenvalue weighted by atomic mass is 9.72. The highest BCUT2D eigenvalue weighted by molar-refractivity contribution is 6.21. The van der Waals surface area contributed by atoms with Crippen LogP contribution in [0.4, 0.5) is 17.1 Å². The molecule has 9 aromatic carbocycles. The van der Waals surface area contributed by atoms with Gasteiger partial charge in [0.05, 0.1) is 0 Å². The van der Waals surface area contributed by atoms with Gasteiger partial charge in [0.1, 0.15) is 22.3 Å². The average molecular weight is 878 g/mol. The Morgan fingerprint density at radius 2 is 0.897 bits per heavy atom. The number of rotatable bonds is 4. The lowest BCUT2D eigenvalue weighted by Crippen LogP contribution is -2.24. The van der Waals surface area contributed by atoms with E-state index in [-0.39, 0.29) is 16.2 Å². The average Bonchev–Trinajstić information content (AvgIpc) is 4.08. The van der Waals surface area contributed by atoms with Crippen molar-refractivity contribution in [3.05, 3.63) is 208 Å². The summed E-state index contributed by atoms with van der Waals surface area (Å²) in [5, 5.41) is 4.75. The molecule has 2 aromatic heterocycles. The third-order valence-corrected chi connectivity index (χ3v) is 16.4. The minimum absolute atomic E-state index is 0.220. The van der Waals surface area contributed by atoms with Gasteiger partial charge in [0.2, 0.25) is 0 Å². The molecule has 328 valence electrons. The molecule has 68 heavy (non-hydrogen) atoms. The van der Waals surface area contributed by atoms with Gasteiger partial charge in [0.25, 0.3) is 0 Å². The molecule has 3 nitrogen and oxygen atoms in total. The SMILES string of the molecule is Cc1cccc(N(c2ccc3c(c2)C(C)(C)c2cc(-c4ccccc4C)c4oc5ccccc5c4c2-3)c2ccc3c(c2)C(C)(C)c2c4c(c5oc6ccccc6c5c2-3)-c2ccccc2C4(C)C)c1. The van der Waals surface area contributed by atoms with Crippen molar-refractivity contribution in [3.8, 4) is 44.5 Å². The fourth-order valence-electron chi connectivity index (χ4n) is 13.2. The smallest absolute Gasteiger partial charge is 0.144 e. The predicted molar refractivity (Wildman–Crippen MR) is 283 cm³/mol. The summed E-state index contributed by atoms with van der Waals surface area (Å²) < 4.78 is 13.8. The first-order valence-electron chi connectivity index (χ1n) is 24.2. The summed E-state index contributed by atoms with van der Waals surface area (Å²) in [5.41, 5.74) is 27.0. The van der Waals surface area contributed by atoms with Crippen LogP contribution < -0.4 is 4.90 Å². The molecule has 0 atom stereocenters. The number of fused-ring (bicyclic) bond motifs is 19. The second-order valence-electron chi connectivity index (χ2n) is 21.3. The van der Waals surface area contributed by atoms with E-state index >= 15 is 0 Å². The Morgan fingerprint density at radius 3 is 1.59 bits per heavy atom. The van der Waals surface area contributed by atoms with Crippen LogP contribution in [0.1, 0.15) is 86.1 Å². The van der Waals surface area contributed by atoms with Crippen LogP contribution in [0.15, 0.2) is 173 Å². The van der Waals surface area contributed by atoms with Crippen molar-refractivity contribution < 1.29 is 8.83 Å². The van der Waals surface area contributed by atoms with Crippen molar-refractivity contribution in [2.24, 2.45) is 0 Å². The van der Waals surface area contributed by atoms with Crippen molar-refractivity contribution in [1.29, 1.82) is 0 Å². The third kappa shape index (κ3) is 4.98. The molecule has 3 heteroatoms. The van der Waals surface area contributed by atoms with Crippen molar-refractivity contribution in [3.63, 3.8) is 0 Å². The van der Waals surface area contributed by atoms with E-state index in [4.69, 9.17) is 8.83 Å². The van der Waals surface area contributed by atoms with E-state index in [1.807, 2.05) is 0 Å². The van der Waals surface area contributed by atoms with E-state index in [0.717, 1.165) is 50.3 Å². The van der Waals surface area contributed by atoms with Gasteiger partial charge in [-0.15, -0.1) is 0 Å². The largest absolute Gasteiger partial charge is 0.455 e. The highest BCUT2D eigenvalue weighted by Crippen LogP contribution is 2.64. The summed E-state index contributed by atoms with van der Waals surface area (Å²) in [7, 11) is 0. The maximum Gasteiger partial charge on any atom is 0.144 e. The number of anilines is 3. The number of hydrogen-bond acceptors (Lipinski definition) is 3. The first-order chi connectivity index (χ1) is 32.8. The Labute approximate surface area is 397 Å². The van der Waals surface area contributed by atoms with Crippen LogP contribution in [0.2, 0.25) is 0 Å². The van der Waals surface area contributed by atoms with Gasteiger partial charge in [0.15, 0.2) is 0 Å². The number of aryl methyl sites for hydroxylation is 2. The summed E-state index contributed by atoms with van der Waals surface area (Å²) >= 11 is 0. The van der Waals surface area contributed by atoms with E-state index in [2.05, 4.69) is 224 Å². The molecule has 11 aromatic rings. The minimum atomic E-state index is -0.315. The van der Waals surface area contributed by atoms with Crippen LogP contribution in [0, 0.1) is 13.8 Å². The summed E-state index contributed by atoms with van der Waals surface area (Å²) in [6.45, 7) is 18.9. The maximum absolute atomic E-state index is 6.98. The molecule has 0 radical (unpaired) electrons. The molecule has 0 N–H and O–H groups in total. The number of hydrogen-bond donors (Lipinski definition) is 0. The number of nitrogens with zero attached hydrogens (tertiary/aromatic N) is 1. The molecule has 3 aliphatic rings. The van der Waals surface area contributed by atoms with E-state index < -0.39 is 0 Å². The van der Waals surface area contributed by atoms with Crippen molar-refractivity contribution in [2.45, 2.75) is 71.6 Å². The van der Waals surface area contributed by atoms with Crippen molar-refractivity contribution >= 4 is 60.9 Å². The third-order valence-electron chi connectivity index (χ3n) is 16.4. The molecular weight excluding hydrogens is 827 g/mol. The van der Waals surface area contributed by atoms with Crippen LogP contribution in [-0.2, 0) is 16.2 Å². The minimum Gasteiger partial charge on any atom is -0.455 e. The molecular formula is C65H51NO2. The van der Waals surface area contributed by atoms with Crippen molar-refractivity contribution in [1.82, 2.24) is 0 Å². The van der Waals surface area contributed by atoms with E-state index in [1.165, 1.54) is 99.6 Å². The highest BCUT2D eigenvalue weighted by atomic mass is 16.3. The summed E-state index contributed by atoms with van der Waals surface area (Å²) in [6.07, 6.45) is 0. The predicted octanol–water partition coefficient (Wildman–Crippen LogP) is 18.2. The lowest BCUT2D eigenvalue weighted by molar-refractivity contribution is 0.600. The van der Waals surface area contributed by atoms with Gasteiger partial charge in [0, 0.05) is 66.0 Å². The Hall–Kier alpha value is -7.62. The van der Waals surface area contributed by atoms with Gasteiger partial charge in [-0.1, -0.05) is 151 Å². The molecule has 0 amide bonds. The van der Waals surface area contributed by atoms with Gasteiger partial charge in [-0.25, -0.2) is 0 Å². The monoisotopic (exact) mass is 877 g/mol. The molecule has 0 unspecified atom stereocenters. The Morgan fingerprint density at radius 1 is 0.368 bits per heavy atom. The fraction of sp³-hybridized carbons (Fsp3) is 0.169. The zero-order valence-corrected chi connectivity index (χ0v) is 39.9. The maximum atomic E-state index is 6.98. The summed E-state index contributed by atoms with van der Waals surface area (Å²) in [6, 6.07) is 60.7. The second-order valence-corrected chi connectivity index (χ2v) is 21.3. The molecule has 0 spiro atoms. The lowest BCUT2D eigenvalue weighted by Gasteiger charge is -2.32. The van der Waals surface area contributed by atoms with Crippen LogP contribution >= 0.6 is 0 Å². The van der Waals surface area contributed by atoms with Gasteiger partial charge >= 0.3 is 0 Å². The van der Waals surface area contributed by atoms with Crippen LogP contribution in [0.3, 0.4) is 0 Å². The van der Waals surface area contributed by atoms with Crippen LogP contribution in [0.25, 0.3) is 88.4 Å². The molecule has 0 saturated heterocycles. The van der Waals surface area contributed by atoms with Gasteiger partial charge in [-0.2, -0.15) is 0 Å². The van der Waals surface area contributed by atoms with E-state index in [9.17, 15) is 0 Å². The second kappa shape index (κ2) is 13.3. The Bertz CT molecular complexity index is 4040. The van der Waals surface area contributed by atoms with Crippen molar-refractivity contribution in [2.75, 3.05) is 4.90 Å². The molecule has 2 heterocycles. The van der Waals surface area contributed by atoms with Gasteiger partial charge in [-0.3, -0.25) is 0 Å². The quantitative estimate of drug-likeness (QED) is 0.176. The zero-order chi connectivity index (χ0) is 46.2. The molecule has 0 fully saturated rings. The van der Waals surface area contributed by atoms with Crippen LogP contribution in [-0.4, -0.2) is 0 Å². The zero-order valence-electron chi connectivity index (χ0n) is 39.9. The van der Waals surface area contributed by atoms with E-state index in [1.54, 1.807) is 0 Å². The van der Waals surface area contributed by atoms with Crippen LogP contribution in [0.5, 0.6) is 0 Å². The highest BCUT2D eigenvalue weighted by Gasteiger charge is 2.49. The number of furan rings is 2. The first-order valence-corrected chi connectivity index (χ1v) is 24.2. The molecule has 3 aliphatic carbocycles. The van der Waals surface area contributed by atoms with Gasteiger partial charge in [-0.05, 0) is 146 Å². The normalized spacial score (nSPS) is 15.4. The standard InChI is InChI=1S/C65H51NO2/c1-36-18-17-20-38(32-36)66(39-28-30-43-49(33-39)63(3,4)51-35-47(41-21-10-9-19-37(41)2)61-56(54(43)51)45-23-12-15-26-52(45)67-61)40-29-31-44-50(34-40)65(7,8)59-55(44)57-46-24-13-16-27-53(46)68-62(57)58-42-22-11-14-25-48(42)64(5,6)60(58)59/h9-35H,1-8H3.